The number of nitrogens with two attached hydrogens (primary N) is 2. The van der Waals surface area contributed by atoms with Crippen LogP contribution in [0.1, 0.15) is 145 Å². The van der Waals surface area contributed by atoms with Crippen LogP contribution < -0.4 is 91.2 Å². The molecule has 25 N–H and O–H groups in total. The lowest BCUT2D eigenvalue weighted by Gasteiger charge is -2.30. The van der Waals surface area contributed by atoms with Gasteiger partial charge in [-0.25, -0.2) is 0 Å². The van der Waals surface area contributed by atoms with E-state index in [4.69, 9.17) is 16.6 Å². The van der Waals surface area contributed by atoms with Gasteiger partial charge in [0.1, 0.15) is 73.0 Å². The van der Waals surface area contributed by atoms with Crippen LogP contribution in [0.2, 0.25) is 0 Å². The van der Waals surface area contributed by atoms with Crippen LogP contribution >= 0.6 is 0 Å². The number of nitrogens with one attached hydrogen (secondary N) is 15. The lowest BCUT2D eigenvalue weighted by atomic mass is 9.98. The highest BCUT2D eigenvalue weighted by molar-refractivity contribution is 6.01. The number of amides is 15. The fraction of sp³-hybridized carbons (Fsp3) is 0.648. The minimum absolute atomic E-state index is 0.0929. The first kappa shape index (κ1) is 100.0. The predicted octanol–water partition coefficient (Wildman–Crippen LogP) is -6.79. The molecule has 634 valence electrons. The number of aliphatic hydroxyl groups is 2. The average Bonchev–Trinajstić information content (AvgIpc) is 0.866. The Hall–Kier alpha value is -11.0. The lowest BCUT2D eigenvalue weighted by Crippen LogP contribution is -2.61. The number of carbonyl (C=O) groups is 19. The summed E-state index contributed by atoms with van der Waals surface area (Å²) in [6.07, 6.45) is -3.79. The largest absolute Gasteiger partial charge is 0.481 e. The molecule has 1 aromatic carbocycles. The number of rotatable bonds is 55. The summed E-state index contributed by atoms with van der Waals surface area (Å²) in [5.41, 5.74) is 12.4. The number of hydrogen-bond acceptors (Lipinski definition) is 23. The second-order valence-corrected chi connectivity index (χ2v) is 28.7. The smallest absolute Gasteiger partial charge is 0.322 e. The van der Waals surface area contributed by atoms with E-state index in [1.54, 1.807) is 85.7 Å². The summed E-state index contributed by atoms with van der Waals surface area (Å²) in [6, 6.07) is -10.5. The van der Waals surface area contributed by atoms with E-state index in [2.05, 4.69) is 74.4 Å². The highest BCUT2D eigenvalue weighted by Crippen LogP contribution is 2.16. The Morgan fingerprint density at radius 1 is 0.336 bits per heavy atom. The van der Waals surface area contributed by atoms with Gasteiger partial charge in [-0.2, -0.15) is 0 Å². The van der Waals surface area contributed by atoms with Crippen molar-refractivity contribution in [2.45, 2.75) is 219 Å². The van der Waals surface area contributed by atoms with E-state index in [1.807, 2.05) is 5.32 Å². The standard InChI is InChI=1S/C71H115N17O25/c1-35(2)24-44(66(108)80-42(19-21-54(94)95)64(106)87-50(34-90)61(103)76-30-52(92)74-29-51(91)75-31-53(93)78-49(33-89)60(102)77-32-57(100)101)82-62(104)41(18-14-15-23-72)79-65(107)45(25-36(3)4)84-67(109)46(26-37(5)6)83-63(105)43(20-22-55(96)97)81-71(113)59(39(9)10)88-69(111)48(28-56(98)99)85-68(110)47(27-40-16-12-11-13-17-40)86-70(112)58(73)38(7)8/h11-13,16-17,35-39,41-50,58-59,89-90H,14-15,18-34,72-73H2,1-10H3,(H,74,92)(H,75,91)(H,76,103)(H,77,102)(H,78,93)(H,79,107)(H,80,108)(H,81,113)(H,82,104)(H,83,105)(H,84,109)(H,85,110)(H,86,112)(H,87,106)(H,88,111)(H,94,95)(H,96,97)(H,98,99)(H,100,101)/t41-,42-,43-,44-,45-,46-,47-,48-,49-,50-,58-,59-/m0/s1. The van der Waals surface area contributed by atoms with Crippen LogP contribution in [0, 0.1) is 29.6 Å². The fourth-order valence-corrected chi connectivity index (χ4v) is 10.6. The van der Waals surface area contributed by atoms with E-state index in [1.165, 1.54) is 13.8 Å². The minimum Gasteiger partial charge on any atom is -0.481 e. The van der Waals surface area contributed by atoms with Crippen molar-refractivity contribution < 1.29 is 122 Å². The van der Waals surface area contributed by atoms with Crippen LogP contribution in [0.25, 0.3) is 0 Å². The third-order valence-corrected chi connectivity index (χ3v) is 16.7. The molecular formula is C71H115N17O25. The van der Waals surface area contributed by atoms with Crippen molar-refractivity contribution in [1.82, 2.24) is 79.8 Å². The molecule has 0 bridgehead atoms. The quantitative estimate of drug-likeness (QED) is 0.0270. The van der Waals surface area contributed by atoms with Crippen LogP contribution in [0.15, 0.2) is 30.3 Å². The predicted molar refractivity (Wildman–Crippen MR) is 400 cm³/mol. The van der Waals surface area contributed by atoms with Gasteiger partial charge in [-0.15, -0.1) is 0 Å². The Kier molecular flexibility index (Phi) is 46.3. The molecule has 12 atom stereocenters. The molecule has 0 fully saturated rings. The Morgan fingerprint density at radius 2 is 0.690 bits per heavy atom. The second kappa shape index (κ2) is 52.3. The number of carboxylic acid groups (broad SMARTS) is 4. The number of carboxylic acids is 4. The molecule has 0 aliphatic rings. The maximum absolute atomic E-state index is 14.6. The highest BCUT2D eigenvalue weighted by atomic mass is 16.4. The van der Waals surface area contributed by atoms with E-state index in [9.17, 15) is 117 Å². The molecule has 0 saturated carbocycles. The van der Waals surface area contributed by atoms with Crippen LogP contribution in [0.5, 0.6) is 0 Å². The van der Waals surface area contributed by atoms with Gasteiger partial charge in [-0.05, 0) is 93.1 Å². The molecule has 0 radical (unpaired) electrons. The zero-order chi connectivity index (χ0) is 85.9. The number of unbranched alkanes of at least 4 members (excludes halogenated alkanes) is 1. The first-order valence-electron chi connectivity index (χ1n) is 36.9. The monoisotopic (exact) mass is 1610 g/mol. The first-order chi connectivity index (χ1) is 52.9. The van der Waals surface area contributed by atoms with Crippen LogP contribution in [0.4, 0.5) is 0 Å². The molecule has 1 aromatic rings. The molecule has 1 rings (SSSR count). The molecule has 113 heavy (non-hydrogen) atoms. The van der Waals surface area contributed by atoms with Gasteiger partial charge >= 0.3 is 23.9 Å². The van der Waals surface area contributed by atoms with E-state index < -0.39 is 268 Å². The number of carbonyl (C=O) groups excluding carboxylic acids is 15. The molecular weight excluding hydrogens is 1490 g/mol. The Labute approximate surface area is 653 Å². The van der Waals surface area contributed by atoms with Crippen LogP contribution in [0.3, 0.4) is 0 Å². The summed E-state index contributed by atoms with van der Waals surface area (Å²) in [5, 5.41) is 92.6. The second-order valence-electron chi connectivity index (χ2n) is 28.7. The average molecular weight is 1610 g/mol. The number of hydrogen-bond donors (Lipinski definition) is 23. The summed E-state index contributed by atoms with van der Waals surface area (Å²) in [7, 11) is 0. The van der Waals surface area contributed by atoms with Gasteiger partial charge in [0.05, 0.1) is 45.3 Å². The molecule has 15 amide bonds. The van der Waals surface area contributed by atoms with Crippen molar-refractivity contribution in [2.24, 2.45) is 41.1 Å². The Balaban J connectivity index is 3.49. The molecule has 0 aliphatic heterocycles. The molecule has 42 nitrogen and oxygen atoms in total. The van der Waals surface area contributed by atoms with E-state index in [0.29, 0.717) is 12.0 Å². The van der Waals surface area contributed by atoms with Crippen molar-refractivity contribution >= 4 is 112 Å². The molecule has 0 spiro atoms. The topological polar surface area (TPSA) is 678 Å². The number of aliphatic hydroxyl groups excluding tert-OH is 2. The van der Waals surface area contributed by atoms with Gasteiger partial charge in [-0.3, -0.25) is 91.1 Å². The van der Waals surface area contributed by atoms with E-state index in [0.717, 1.165) is 0 Å². The Morgan fingerprint density at radius 3 is 1.09 bits per heavy atom. The van der Waals surface area contributed by atoms with Gasteiger partial charge in [0.25, 0.3) is 0 Å². The zero-order valence-electron chi connectivity index (χ0n) is 65.2. The lowest BCUT2D eigenvalue weighted by molar-refractivity contribution is -0.142. The highest BCUT2D eigenvalue weighted by Gasteiger charge is 2.39. The zero-order valence-corrected chi connectivity index (χ0v) is 65.2. The molecule has 0 saturated heterocycles. The van der Waals surface area contributed by atoms with Crippen molar-refractivity contribution in [3.05, 3.63) is 35.9 Å². The van der Waals surface area contributed by atoms with Crippen molar-refractivity contribution in [1.29, 1.82) is 0 Å². The summed E-state index contributed by atoms with van der Waals surface area (Å²) in [5.74, 6) is -23.5. The summed E-state index contributed by atoms with van der Waals surface area (Å²) < 4.78 is 0. The van der Waals surface area contributed by atoms with Gasteiger partial charge < -0.3 is 122 Å². The molecule has 42 heteroatoms. The molecule has 0 aromatic heterocycles. The van der Waals surface area contributed by atoms with Gasteiger partial charge in [0, 0.05) is 19.3 Å². The van der Waals surface area contributed by atoms with Crippen LogP contribution in [-0.4, -0.2) is 262 Å². The van der Waals surface area contributed by atoms with Gasteiger partial charge in [-0.1, -0.05) is 99.6 Å². The summed E-state index contributed by atoms with van der Waals surface area (Å²) >= 11 is 0. The molecule has 0 unspecified atom stereocenters. The molecule has 0 aliphatic carbocycles. The number of benzene rings is 1. The third kappa shape index (κ3) is 40.7. The minimum atomic E-state index is -1.87. The number of aliphatic carboxylic acids is 4. The summed E-state index contributed by atoms with van der Waals surface area (Å²) in [4.78, 5) is 251. The maximum atomic E-state index is 14.6. The van der Waals surface area contributed by atoms with Crippen molar-refractivity contribution in [3.63, 3.8) is 0 Å². The maximum Gasteiger partial charge on any atom is 0.322 e. The van der Waals surface area contributed by atoms with E-state index >= 15 is 0 Å². The SMILES string of the molecule is CC(C)C[C@H](NC(=O)[C@H](CCCCN)NC(=O)[C@H](CC(C)C)NC(=O)[C@H](CC(C)C)NC(=O)[C@H](CCC(=O)O)NC(=O)[C@@H](NC(=O)[C@H](CC(=O)O)NC(=O)[C@H](Cc1ccccc1)NC(=O)[C@@H](N)C(C)C)C(C)C)C(=O)N[C@@H](CCC(=O)O)C(=O)N[C@@H](CO)C(=O)NCC(=O)NCC(=O)NCC(=O)N[C@@H](CO)C(=O)NCC(=O)O. The van der Waals surface area contributed by atoms with Crippen LogP contribution in [-0.2, 0) is 97.5 Å². The Bertz CT molecular complexity index is 3420. The third-order valence-electron chi connectivity index (χ3n) is 16.7. The first-order valence-corrected chi connectivity index (χ1v) is 36.9. The molecule has 0 heterocycles. The van der Waals surface area contributed by atoms with E-state index in [-0.39, 0.29) is 62.8 Å². The van der Waals surface area contributed by atoms with Gasteiger partial charge in [0.2, 0.25) is 88.6 Å². The summed E-state index contributed by atoms with van der Waals surface area (Å²) in [6.45, 7) is 11.2. The van der Waals surface area contributed by atoms with Gasteiger partial charge in [0.15, 0.2) is 0 Å². The van der Waals surface area contributed by atoms with Crippen molar-refractivity contribution in [3.8, 4) is 0 Å². The fourth-order valence-electron chi connectivity index (χ4n) is 10.6. The van der Waals surface area contributed by atoms with Crippen molar-refractivity contribution in [2.75, 3.05) is 45.9 Å². The normalized spacial score (nSPS) is 14.3.